The van der Waals surface area contributed by atoms with Gasteiger partial charge >= 0.3 is 0 Å². The Kier molecular flexibility index (Phi) is 5.28. The number of nitrogens with zero attached hydrogens (tertiary/aromatic N) is 1. The number of ether oxygens (including phenoxy) is 2. The van der Waals surface area contributed by atoms with Crippen LogP contribution in [0.4, 0.5) is 5.69 Å². The predicted molar refractivity (Wildman–Crippen MR) is 126 cm³/mol. The van der Waals surface area contributed by atoms with Crippen molar-refractivity contribution in [3.8, 4) is 11.5 Å². The van der Waals surface area contributed by atoms with Gasteiger partial charge in [0.05, 0.1) is 24.9 Å². The van der Waals surface area contributed by atoms with Gasteiger partial charge in [-0.2, -0.15) is 0 Å². The van der Waals surface area contributed by atoms with Gasteiger partial charge in [0.15, 0.2) is 16.6 Å². The number of thiocarbonyl (C=S) groups is 1. The molecule has 1 aliphatic rings. The van der Waals surface area contributed by atoms with Crippen LogP contribution in [0.25, 0.3) is 10.9 Å². The Bertz CT molecular complexity index is 1330. The molecule has 0 atom stereocenters. The molecule has 2 N–H and O–H groups in total. The second-order valence-electron chi connectivity index (χ2n) is 7.65. The molecule has 3 heterocycles. The topological polar surface area (TPSA) is 79.7 Å². The molecule has 5 rings (SSSR count). The van der Waals surface area contributed by atoms with Crippen LogP contribution in [0.15, 0.2) is 70.1 Å². The predicted octanol–water partition coefficient (Wildman–Crippen LogP) is 4.56. The van der Waals surface area contributed by atoms with Crippen molar-refractivity contribution in [2.45, 2.75) is 20.0 Å². The highest BCUT2D eigenvalue weighted by molar-refractivity contribution is 7.80. The standard InChI is InChI=1S/C24H21N3O4S/c1-15-4-6-18(7-5-15)25-24(32)27(13-19-3-2-8-29-19)12-17-9-16-10-21-22(31-14-30-21)11-20(16)26-23(17)28/h2-11H,12-14H2,1H3,(H,25,32)(H,26,28). The lowest BCUT2D eigenvalue weighted by Crippen LogP contribution is -2.35. The maximum absolute atomic E-state index is 12.8. The molecular weight excluding hydrogens is 426 g/mol. The van der Waals surface area contributed by atoms with Crippen molar-refractivity contribution in [2.75, 3.05) is 12.1 Å². The molecule has 8 heteroatoms. The number of hydrogen-bond acceptors (Lipinski definition) is 5. The van der Waals surface area contributed by atoms with Crippen LogP contribution in [0, 0.1) is 6.92 Å². The molecular formula is C24H21N3O4S. The van der Waals surface area contributed by atoms with E-state index in [1.165, 1.54) is 0 Å². The number of furan rings is 1. The number of aryl methyl sites for hydroxylation is 1. The van der Waals surface area contributed by atoms with E-state index >= 15 is 0 Å². The lowest BCUT2D eigenvalue weighted by Gasteiger charge is -2.25. The number of aromatic amines is 1. The van der Waals surface area contributed by atoms with E-state index in [-0.39, 0.29) is 12.4 Å². The van der Waals surface area contributed by atoms with Gasteiger partial charge in [-0.15, -0.1) is 0 Å². The summed E-state index contributed by atoms with van der Waals surface area (Å²) in [5.74, 6) is 2.04. The first kappa shape index (κ1) is 20.1. The number of hydrogen-bond donors (Lipinski definition) is 2. The number of benzene rings is 2. The van der Waals surface area contributed by atoms with E-state index in [1.807, 2.05) is 60.4 Å². The van der Waals surface area contributed by atoms with Crippen molar-refractivity contribution in [1.29, 1.82) is 0 Å². The zero-order valence-electron chi connectivity index (χ0n) is 17.4. The van der Waals surface area contributed by atoms with E-state index in [2.05, 4.69) is 10.3 Å². The lowest BCUT2D eigenvalue weighted by atomic mass is 10.1. The minimum absolute atomic E-state index is 0.179. The van der Waals surface area contributed by atoms with Crippen molar-refractivity contribution in [2.24, 2.45) is 0 Å². The van der Waals surface area contributed by atoms with Crippen LogP contribution >= 0.6 is 12.2 Å². The Morgan fingerprint density at radius 1 is 1.09 bits per heavy atom. The highest BCUT2D eigenvalue weighted by atomic mass is 32.1. The fourth-order valence-corrected chi connectivity index (χ4v) is 3.84. The molecule has 0 bridgehead atoms. The van der Waals surface area contributed by atoms with E-state index in [1.54, 1.807) is 12.3 Å². The van der Waals surface area contributed by atoms with Crippen LogP contribution in [-0.2, 0) is 13.1 Å². The molecule has 4 aromatic rings. The van der Waals surface area contributed by atoms with Crippen LogP contribution in [0.1, 0.15) is 16.9 Å². The van der Waals surface area contributed by atoms with E-state index in [4.69, 9.17) is 26.1 Å². The molecule has 0 unspecified atom stereocenters. The summed E-state index contributed by atoms with van der Waals surface area (Å²) in [4.78, 5) is 17.7. The van der Waals surface area contributed by atoms with Crippen molar-refractivity contribution in [3.63, 3.8) is 0 Å². The van der Waals surface area contributed by atoms with E-state index in [9.17, 15) is 4.79 Å². The highest BCUT2D eigenvalue weighted by Crippen LogP contribution is 2.35. The molecule has 2 aromatic heterocycles. The molecule has 162 valence electrons. The first-order valence-electron chi connectivity index (χ1n) is 10.2. The average Bonchev–Trinajstić information content (AvgIpc) is 3.45. The maximum Gasteiger partial charge on any atom is 0.253 e. The van der Waals surface area contributed by atoms with E-state index in [0.717, 1.165) is 22.4 Å². The van der Waals surface area contributed by atoms with E-state index in [0.29, 0.717) is 40.8 Å². The van der Waals surface area contributed by atoms with Gasteiger partial charge in [-0.05, 0) is 55.5 Å². The summed E-state index contributed by atoms with van der Waals surface area (Å²) >= 11 is 5.69. The van der Waals surface area contributed by atoms with Gasteiger partial charge in [0.25, 0.3) is 5.56 Å². The third-order valence-corrected chi connectivity index (χ3v) is 5.65. The normalized spacial score (nSPS) is 12.2. The van der Waals surface area contributed by atoms with Crippen LogP contribution in [0.5, 0.6) is 11.5 Å². The van der Waals surface area contributed by atoms with Crippen molar-refractivity contribution in [3.05, 3.63) is 88.1 Å². The number of rotatable bonds is 5. The highest BCUT2D eigenvalue weighted by Gasteiger charge is 2.18. The molecule has 0 amide bonds. The van der Waals surface area contributed by atoms with Gasteiger partial charge in [0, 0.05) is 22.7 Å². The second-order valence-corrected chi connectivity index (χ2v) is 8.03. The quantitative estimate of drug-likeness (QED) is 0.434. The molecule has 32 heavy (non-hydrogen) atoms. The van der Waals surface area contributed by atoms with Gasteiger partial charge in [-0.3, -0.25) is 4.79 Å². The zero-order chi connectivity index (χ0) is 22.1. The van der Waals surface area contributed by atoms with Gasteiger partial charge < -0.3 is 29.1 Å². The molecule has 1 aliphatic heterocycles. The summed E-state index contributed by atoms with van der Waals surface area (Å²) in [6.07, 6.45) is 1.62. The molecule has 0 radical (unpaired) electrons. The average molecular weight is 448 g/mol. The number of aromatic nitrogens is 1. The third-order valence-electron chi connectivity index (χ3n) is 5.29. The van der Waals surface area contributed by atoms with Gasteiger partial charge in [-0.1, -0.05) is 17.7 Å². The zero-order valence-corrected chi connectivity index (χ0v) is 18.2. The van der Waals surface area contributed by atoms with Gasteiger partial charge in [-0.25, -0.2) is 0 Å². The smallest absolute Gasteiger partial charge is 0.253 e. The Balaban J connectivity index is 1.44. The van der Waals surface area contributed by atoms with Crippen molar-refractivity contribution >= 4 is 33.9 Å². The monoisotopic (exact) mass is 447 g/mol. The minimum atomic E-state index is -0.182. The summed E-state index contributed by atoms with van der Waals surface area (Å²) < 4.78 is 16.4. The van der Waals surface area contributed by atoms with Crippen molar-refractivity contribution < 1.29 is 13.9 Å². The maximum atomic E-state index is 12.8. The molecule has 0 fully saturated rings. The summed E-state index contributed by atoms with van der Waals surface area (Å²) in [5.41, 5.74) is 3.14. The molecule has 7 nitrogen and oxygen atoms in total. The van der Waals surface area contributed by atoms with Crippen LogP contribution < -0.4 is 20.3 Å². The number of fused-ring (bicyclic) bond motifs is 2. The fraction of sp³-hybridized carbons (Fsp3) is 0.167. The Morgan fingerprint density at radius 2 is 1.88 bits per heavy atom. The summed E-state index contributed by atoms with van der Waals surface area (Å²) in [6, 6.07) is 17.2. The third kappa shape index (κ3) is 4.17. The Hall–Kier alpha value is -3.78. The Labute approximate surface area is 189 Å². The second kappa shape index (κ2) is 8.39. The summed E-state index contributed by atoms with van der Waals surface area (Å²) in [7, 11) is 0. The first-order chi connectivity index (χ1) is 15.5. The summed E-state index contributed by atoms with van der Waals surface area (Å²) in [6.45, 7) is 2.93. The van der Waals surface area contributed by atoms with Gasteiger partial charge in [0.2, 0.25) is 6.79 Å². The number of nitrogens with one attached hydrogen (secondary N) is 2. The van der Waals surface area contributed by atoms with E-state index < -0.39 is 0 Å². The first-order valence-corrected chi connectivity index (χ1v) is 10.6. The molecule has 0 saturated carbocycles. The molecule has 0 saturated heterocycles. The Morgan fingerprint density at radius 3 is 2.62 bits per heavy atom. The number of H-pyrrole nitrogens is 1. The number of pyridine rings is 1. The number of anilines is 1. The largest absolute Gasteiger partial charge is 0.467 e. The SMILES string of the molecule is Cc1ccc(NC(=S)N(Cc2ccco2)Cc2cc3cc4c(cc3[nH]c2=O)OCO4)cc1. The minimum Gasteiger partial charge on any atom is -0.467 e. The molecule has 0 spiro atoms. The lowest BCUT2D eigenvalue weighted by molar-refractivity contribution is 0.174. The van der Waals surface area contributed by atoms with Crippen LogP contribution in [0.2, 0.25) is 0 Å². The summed E-state index contributed by atoms with van der Waals surface area (Å²) in [5, 5.41) is 4.62. The molecule has 2 aromatic carbocycles. The fourth-order valence-electron chi connectivity index (χ4n) is 3.59. The van der Waals surface area contributed by atoms with Crippen molar-refractivity contribution in [1.82, 2.24) is 9.88 Å². The van der Waals surface area contributed by atoms with Gasteiger partial charge in [0.1, 0.15) is 5.76 Å². The van der Waals surface area contributed by atoms with Crippen LogP contribution in [-0.4, -0.2) is 21.8 Å². The van der Waals surface area contributed by atoms with Crippen LogP contribution in [0.3, 0.4) is 0 Å². The molecule has 0 aliphatic carbocycles.